The first-order valence-electron chi connectivity index (χ1n) is 6.51. The first-order chi connectivity index (χ1) is 9.00. The van der Waals surface area contributed by atoms with Crippen molar-refractivity contribution in [1.29, 1.82) is 0 Å². The van der Waals surface area contributed by atoms with Crippen molar-refractivity contribution in [2.75, 3.05) is 6.54 Å². The molecule has 0 aromatic heterocycles. The Balaban J connectivity index is 2.44. The lowest BCUT2D eigenvalue weighted by Gasteiger charge is -2.23. The van der Waals surface area contributed by atoms with Gasteiger partial charge in [-0.3, -0.25) is 0 Å². The van der Waals surface area contributed by atoms with Crippen LogP contribution in [0.4, 0.5) is 0 Å². The molecule has 1 fully saturated rings. The fraction of sp³-hybridized carbons (Fsp3) is 0.538. The van der Waals surface area contributed by atoms with E-state index in [0.717, 1.165) is 24.8 Å². The van der Waals surface area contributed by atoms with Crippen molar-refractivity contribution in [2.24, 2.45) is 5.73 Å². The molecule has 1 aliphatic rings. The van der Waals surface area contributed by atoms with Crippen molar-refractivity contribution in [3.63, 3.8) is 0 Å². The van der Waals surface area contributed by atoms with E-state index in [1.165, 1.54) is 0 Å². The molecule has 1 atom stereocenters. The number of nitrogens with two attached hydrogens (primary N) is 1. The fourth-order valence-corrected chi connectivity index (χ4v) is 4.83. The summed E-state index contributed by atoms with van der Waals surface area (Å²) in [6.07, 6.45) is 2.66. The molecule has 2 N–H and O–H groups in total. The SMILES string of the molecule is CCC1CCCN1S(=O)(=O)c1cc(CN)ccc1Cl. The minimum atomic E-state index is -3.52. The zero-order chi connectivity index (χ0) is 14.0. The number of hydrogen-bond acceptors (Lipinski definition) is 3. The van der Waals surface area contributed by atoms with Crippen LogP contribution in [0.1, 0.15) is 31.7 Å². The van der Waals surface area contributed by atoms with Crippen LogP contribution in [0.25, 0.3) is 0 Å². The zero-order valence-corrected chi connectivity index (χ0v) is 12.5. The summed E-state index contributed by atoms with van der Waals surface area (Å²) >= 11 is 6.06. The average Bonchev–Trinajstić information content (AvgIpc) is 2.88. The molecule has 0 saturated carbocycles. The highest BCUT2D eigenvalue weighted by Crippen LogP contribution is 2.31. The van der Waals surface area contributed by atoms with Gasteiger partial charge in [-0.15, -0.1) is 0 Å². The predicted molar refractivity (Wildman–Crippen MR) is 76.5 cm³/mol. The molecule has 0 spiro atoms. The molecule has 1 aromatic rings. The summed E-state index contributed by atoms with van der Waals surface area (Å²) in [6, 6.07) is 5.03. The second kappa shape index (κ2) is 5.79. The van der Waals surface area contributed by atoms with Crippen LogP contribution >= 0.6 is 11.6 Å². The largest absolute Gasteiger partial charge is 0.326 e. The molecule has 106 valence electrons. The van der Waals surface area contributed by atoms with Crippen LogP contribution in [0.5, 0.6) is 0 Å². The van der Waals surface area contributed by atoms with Crippen LogP contribution in [-0.2, 0) is 16.6 Å². The molecule has 0 radical (unpaired) electrons. The molecule has 1 aliphatic heterocycles. The summed E-state index contributed by atoms with van der Waals surface area (Å²) in [5.74, 6) is 0. The summed E-state index contributed by atoms with van der Waals surface area (Å²) in [5, 5.41) is 0.263. The molecule has 1 heterocycles. The van der Waals surface area contributed by atoms with Crippen LogP contribution in [-0.4, -0.2) is 25.3 Å². The number of rotatable bonds is 4. The molecule has 1 saturated heterocycles. The molecule has 1 unspecified atom stereocenters. The van der Waals surface area contributed by atoms with E-state index in [9.17, 15) is 8.42 Å². The van der Waals surface area contributed by atoms with Crippen molar-refractivity contribution in [3.05, 3.63) is 28.8 Å². The third kappa shape index (κ3) is 2.79. The van der Waals surface area contributed by atoms with E-state index in [-0.39, 0.29) is 16.0 Å². The molecular formula is C13H19ClN2O2S. The van der Waals surface area contributed by atoms with Gasteiger partial charge in [0.1, 0.15) is 4.90 Å². The van der Waals surface area contributed by atoms with E-state index in [4.69, 9.17) is 17.3 Å². The number of halogens is 1. The maximum atomic E-state index is 12.7. The Morgan fingerprint density at radius 3 is 2.84 bits per heavy atom. The molecule has 19 heavy (non-hydrogen) atoms. The number of nitrogens with zero attached hydrogens (tertiary/aromatic N) is 1. The van der Waals surface area contributed by atoms with Crippen LogP contribution in [0, 0.1) is 0 Å². The van der Waals surface area contributed by atoms with Gasteiger partial charge in [0.15, 0.2) is 0 Å². The van der Waals surface area contributed by atoms with Gasteiger partial charge < -0.3 is 5.73 Å². The Kier molecular flexibility index (Phi) is 4.50. The van der Waals surface area contributed by atoms with Crippen LogP contribution in [0.2, 0.25) is 5.02 Å². The highest BCUT2D eigenvalue weighted by atomic mass is 35.5. The number of benzene rings is 1. The molecule has 6 heteroatoms. The van der Waals surface area contributed by atoms with Gasteiger partial charge >= 0.3 is 0 Å². The lowest BCUT2D eigenvalue weighted by molar-refractivity contribution is 0.379. The third-order valence-corrected chi connectivity index (χ3v) is 6.05. The second-order valence-electron chi connectivity index (χ2n) is 4.79. The van der Waals surface area contributed by atoms with E-state index in [2.05, 4.69) is 0 Å². The molecular weight excluding hydrogens is 284 g/mol. The van der Waals surface area contributed by atoms with E-state index < -0.39 is 10.0 Å². The van der Waals surface area contributed by atoms with Gasteiger partial charge in [0.2, 0.25) is 10.0 Å². The quantitative estimate of drug-likeness (QED) is 0.928. The van der Waals surface area contributed by atoms with Gasteiger partial charge in [0.25, 0.3) is 0 Å². The Hall–Kier alpha value is -0.620. The van der Waals surface area contributed by atoms with Gasteiger partial charge in [0.05, 0.1) is 5.02 Å². The minimum absolute atomic E-state index is 0.0857. The zero-order valence-electron chi connectivity index (χ0n) is 11.0. The Morgan fingerprint density at radius 1 is 1.47 bits per heavy atom. The van der Waals surface area contributed by atoms with Crippen LogP contribution in [0.15, 0.2) is 23.1 Å². The average molecular weight is 303 g/mol. The third-order valence-electron chi connectivity index (χ3n) is 3.61. The van der Waals surface area contributed by atoms with E-state index in [1.54, 1.807) is 22.5 Å². The van der Waals surface area contributed by atoms with Gasteiger partial charge in [-0.2, -0.15) is 4.31 Å². The maximum Gasteiger partial charge on any atom is 0.244 e. The summed E-state index contributed by atoms with van der Waals surface area (Å²) in [4.78, 5) is 0.178. The Labute approximate surface area is 119 Å². The van der Waals surface area contributed by atoms with E-state index in [0.29, 0.717) is 13.1 Å². The first-order valence-corrected chi connectivity index (χ1v) is 8.32. The lowest BCUT2D eigenvalue weighted by Crippen LogP contribution is -2.35. The highest BCUT2D eigenvalue weighted by molar-refractivity contribution is 7.89. The van der Waals surface area contributed by atoms with E-state index >= 15 is 0 Å². The number of sulfonamides is 1. The minimum Gasteiger partial charge on any atom is -0.326 e. The van der Waals surface area contributed by atoms with Gasteiger partial charge in [-0.1, -0.05) is 24.6 Å². The van der Waals surface area contributed by atoms with Crippen LogP contribution < -0.4 is 5.73 Å². The first kappa shape index (κ1) is 14.8. The van der Waals surface area contributed by atoms with Gasteiger partial charge in [-0.05, 0) is 37.0 Å². The summed E-state index contributed by atoms with van der Waals surface area (Å²) < 4.78 is 27.0. The molecule has 0 amide bonds. The summed E-state index contributed by atoms with van der Waals surface area (Å²) in [7, 11) is -3.52. The van der Waals surface area contributed by atoms with Crippen molar-refractivity contribution >= 4 is 21.6 Å². The molecule has 2 rings (SSSR count). The van der Waals surface area contributed by atoms with E-state index in [1.807, 2.05) is 6.92 Å². The second-order valence-corrected chi connectivity index (χ2v) is 7.06. The van der Waals surface area contributed by atoms with Crippen molar-refractivity contribution in [2.45, 2.75) is 43.7 Å². The molecule has 0 bridgehead atoms. The highest BCUT2D eigenvalue weighted by Gasteiger charge is 2.35. The van der Waals surface area contributed by atoms with Gasteiger partial charge in [0, 0.05) is 19.1 Å². The lowest BCUT2D eigenvalue weighted by atomic mass is 10.2. The molecule has 0 aliphatic carbocycles. The summed E-state index contributed by atoms with van der Waals surface area (Å²) in [5.41, 5.74) is 6.34. The van der Waals surface area contributed by atoms with Crippen molar-refractivity contribution < 1.29 is 8.42 Å². The monoisotopic (exact) mass is 302 g/mol. The standard InChI is InChI=1S/C13H19ClN2O2S/c1-2-11-4-3-7-16(11)19(17,18)13-8-10(9-15)5-6-12(13)14/h5-6,8,11H,2-4,7,9,15H2,1H3. The number of hydrogen-bond donors (Lipinski definition) is 1. The molecule has 1 aromatic carbocycles. The van der Waals surface area contributed by atoms with Gasteiger partial charge in [-0.25, -0.2) is 8.42 Å². The molecule has 4 nitrogen and oxygen atoms in total. The normalized spacial score (nSPS) is 20.9. The predicted octanol–water partition coefficient (Wildman–Crippen LogP) is 2.36. The Morgan fingerprint density at radius 2 is 2.21 bits per heavy atom. The smallest absolute Gasteiger partial charge is 0.244 e. The van der Waals surface area contributed by atoms with Crippen molar-refractivity contribution in [3.8, 4) is 0 Å². The summed E-state index contributed by atoms with van der Waals surface area (Å²) in [6.45, 7) is 2.89. The fourth-order valence-electron chi connectivity index (χ4n) is 2.53. The topological polar surface area (TPSA) is 63.4 Å². The Bertz CT molecular complexity index is 560. The van der Waals surface area contributed by atoms with Crippen LogP contribution in [0.3, 0.4) is 0 Å². The maximum absolute atomic E-state index is 12.7. The van der Waals surface area contributed by atoms with Crippen molar-refractivity contribution in [1.82, 2.24) is 4.31 Å².